The van der Waals surface area contributed by atoms with Crippen molar-refractivity contribution in [1.29, 1.82) is 0 Å². The summed E-state index contributed by atoms with van der Waals surface area (Å²) in [5, 5.41) is 0. The van der Waals surface area contributed by atoms with Crippen LogP contribution in [0.1, 0.15) is 149 Å². The maximum Gasteiger partial charge on any atom is 0.0845 e. The molecule has 0 spiro atoms. The van der Waals surface area contributed by atoms with Gasteiger partial charge in [0.1, 0.15) is 0 Å². The Hall–Kier alpha value is -0.830. The van der Waals surface area contributed by atoms with Crippen molar-refractivity contribution in [3.05, 3.63) is 48.8 Å². The molecule has 2 aliphatic rings. The Morgan fingerprint density at radius 2 is 1.20 bits per heavy atom. The number of nitrogens with zero attached hydrogens (tertiary/aromatic N) is 3. The van der Waals surface area contributed by atoms with E-state index in [0.29, 0.717) is 12.1 Å². The zero-order chi connectivity index (χ0) is 33.2. The van der Waals surface area contributed by atoms with Crippen LogP contribution in [0.15, 0.2) is 40.8 Å². The average Bonchev–Trinajstić information content (AvgIpc) is 3.01. The molecular weight excluding hydrogens is 626 g/mol. The molecule has 45 heavy (non-hydrogen) atoms. The summed E-state index contributed by atoms with van der Waals surface area (Å²) in [5.41, 5.74) is 4.18. The molecule has 0 aliphatic heterocycles. The topological polar surface area (TPSA) is 37.6 Å². The maximum absolute atomic E-state index is 4.94. The van der Waals surface area contributed by atoms with E-state index >= 15 is 0 Å². The van der Waals surface area contributed by atoms with Crippen LogP contribution in [0, 0.1) is 6.55 Å². The summed E-state index contributed by atoms with van der Waals surface area (Å²) < 4.78 is 0. The summed E-state index contributed by atoms with van der Waals surface area (Å²) in [6.45, 7) is 27.6. The number of pyridine rings is 1. The molecule has 1 heterocycles. The van der Waals surface area contributed by atoms with Gasteiger partial charge in [-0.05, 0) is 64.5 Å². The smallest absolute Gasteiger partial charge is 0.0845 e. The molecule has 6 heteroatoms. The number of hydrogen-bond acceptors (Lipinski definition) is 3. The fourth-order valence-corrected chi connectivity index (χ4v) is 7.25. The Labute approximate surface area is 295 Å². The molecule has 2 aliphatic carbocycles. The van der Waals surface area contributed by atoms with E-state index in [0.717, 1.165) is 22.8 Å². The van der Waals surface area contributed by atoms with Crippen molar-refractivity contribution in [3.8, 4) is 0 Å². The molecule has 1 radical (unpaired) electrons. The van der Waals surface area contributed by atoms with Crippen LogP contribution in [0.25, 0.3) is 0 Å². The average molecular weight is 700 g/mol. The maximum atomic E-state index is 4.94. The molecule has 2 saturated carbocycles. The Balaban J connectivity index is 0. The van der Waals surface area contributed by atoms with Crippen LogP contribution in [0.3, 0.4) is 0 Å². The summed E-state index contributed by atoms with van der Waals surface area (Å²) in [5.74, 6) is 0. The minimum absolute atomic E-state index is 0. The quantitative estimate of drug-likeness (QED) is 0.0703. The van der Waals surface area contributed by atoms with Crippen LogP contribution < -0.4 is 0 Å². The summed E-state index contributed by atoms with van der Waals surface area (Å²) in [6, 6.07) is 11.7. The van der Waals surface area contributed by atoms with Crippen LogP contribution in [0.2, 0.25) is 37.8 Å². The zero-order valence-electron chi connectivity index (χ0n) is 31.4. The second kappa shape index (κ2) is 29.3. The summed E-state index contributed by atoms with van der Waals surface area (Å²) >= 11 is 0. The molecule has 0 saturated heterocycles. The third kappa shape index (κ3) is 26.9. The first kappa shape index (κ1) is 46.3. The zero-order valence-corrected chi connectivity index (χ0v) is 34.6. The van der Waals surface area contributed by atoms with Gasteiger partial charge < -0.3 is 6.55 Å². The van der Waals surface area contributed by atoms with Crippen LogP contribution in [-0.4, -0.2) is 45.4 Å². The Kier molecular flexibility index (Phi) is 30.2. The van der Waals surface area contributed by atoms with E-state index in [9.17, 15) is 0 Å². The SMILES string of the molecule is C=CCCCCCC.CC(=NC1CCCCC1)c1cccc(C(C)=NC2CCCCC2)n1.CC[SiH](CC)CC.[CH2-][Si](C)(C)C.[Co]. The molecule has 0 unspecified atom stereocenters. The van der Waals surface area contributed by atoms with E-state index in [2.05, 4.69) is 92.5 Å². The van der Waals surface area contributed by atoms with Gasteiger partial charge >= 0.3 is 0 Å². The first-order valence-corrected chi connectivity index (χ1v) is 24.7. The second-order valence-electron chi connectivity index (χ2n) is 14.2. The molecule has 0 aromatic carbocycles. The van der Waals surface area contributed by atoms with Gasteiger partial charge in [-0.25, -0.2) is 4.98 Å². The second-order valence-corrected chi connectivity index (χ2v) is 23.5. The van der Waals surface area contributed by atoms with Gasteiger partial charge in [0.25, 0.3) is 0 Å². The molecule has 0 amide bonds. The van der Waals surface area contributed by atoms with Crippen LogP contribution in [0.5, 0.6) is 0 Å². The van der Waals surface area contributed by atoms with Gasteiger partial charge in [0.15, 0.2) is 0 Å². The number of aliphatic imine (C=N–C) groups is 2. The van der Waals surface area contributed by atoms with Crippen molar-refractivity contribution < 1.29 is 16.8 Å². The van der Waals surface area contributed by atoms with E-state index < -0.39 is 8.07 Å². The molecule has 0 N–H and O–H groups in total. The van der Waals surface area contributed by atoms with E-state index in [1.807, 2.05) is 6.08 Å². The predicted octanol–water partition coefficient (Wildman–Crippen LogP) is 12.5. The van der Waals surface area contributed by atoms with Gasteiger partial charge in [-0.1, -0.05) is 135 Å². The largest absolute Gasteiger partial charge is 0.342 e. The van der Waals surface area contributed by atoms with Gasteiger partial charge in [-0.2, -0.15) is 0 Å². The van der Waals surface area contributed by atoms with Crippen molar-refractivity contribution in [1.82, 2.24) is 4.98 Å². The molecule has 1 aromatic rings. The Bertz CT molecular complexity index is 833. The Morgan fingerprint density at radius 3 is 1.51 bits per heavy atom. The number of rotatable bonds is 12. The van der Waals surface area contributed by atoms with Gasteiger partial charge in [0.05, 0.1) is 34.9 Å². The van der Waals surface area contributed by atoms with Gasteiger partial charge in [-0.3, -0.25) is 9.98 Å². The minimum atomic E-state index is -0.861. The van der Waals surface area contributed by atoms with Gasteiger partial charge in [-0.15, -0.1) is 14.7 Å². The van der Waals surface area contributed by atoms with Crippen molar-refractivity contribution in [2.75, 3.05) is 0 Å². The molecule has 263 valence electrons. The van der Waals surface area contributed by atoms with E-state index in [1.54, 1.807) is 0 Å². The third-order valence-corrected chi connectivity index (χ3v) is 11.9. The van der Waals surface area contributed by atoms with Gasteiger partial charge in [0.2, 0.25) is 0 Å². The minimum Gasteiger partial charge on any atom is -0.342 e. The first-order chi connectivity index (χ1) is 21.0. The number of hydrogen-bond donors (Lipinski definition) is 0. The van der Waals surface area contributed by atoms with Crippen molar-refractivity contribution in [3.63, 3.8) is 0 Å². The van der Waals surface area contributed by atoms with E-state index in [1.165, 1.54) is 114 Å². The third-order valence-electron chi connectivity index (χ3n) is 8.39. The molecule has 0 bridgehead atoms. The van der Waals surface area contributed by atoms with Crippen LogP contribution >= 0.6 is 0 Å². The molecule has 3 rings (SSSR count). The van der Waals surface area contributed by atoms with E-state index in [4.69, 9.17) is 15.0 Å². The van der Waals surface area contributed by atoms with Crippen molar-refractivity contribution in [2.45, 2.75) is 188 Å². The number of unbranched alkanes of at least 4 members (excludes halogenated alkanes) is 4. The molecule has 3 nitrogen and oxygen atoms in total. The normalized spacial score (nSPS) is 16.2. The molecule has 1 aromatic heterocycles. The van der Waals surface area contributed by atoms with Crippen LogP contribution in [0.4, 0.5) is 0 Å². The fourth-order valence-electron chi connectivity index (χ4n) is 5.52. The van der Waals surface area contributed by atoms with Gasteiger partial charge in [0, 0.05) is 25.6 Å². The molecule has 0 atom stereocenters. The number of aromatic nitrogens is 1. The first-order valence-electron chi connectivity index (χ1n) is 18.5. The van der Waals surface area contributed by atoms with Crippen LogP contribution in [-0.2, 0) is 16.8 Å². The standard InChI is InChI=1S/C21H31N3.C8H16.C6H16Si.C4H11Si.Co/c1-16(22-18-10-5-3-6-11-18)20-14-9-15-21(24-20)17(2)23-19-12-7-4-8-13-19;1-3-5-7-8-6-4-2;1-4-7(5-2)6-3;1-5(2,3)4;/h9,14-15,18-19H,3-8,10-13H2,1-2H3;3H,1,4-8H2,2H3;7H,4-6H2,1-3H3;1H2,2-4H3;/q;;;-1;. The van der Waals surface area contributed by atoms with Crippen molar-refractivity contribution in [2.24, 2.45) is 9.98 Å². The number of allylic oxidation sites excluding steroid dienone is 1. The Morgan fingerprint density at radius 1 is 0.800 bits per heavy atom. The van der Waals surface area contributed by atoms with Crippen molar-refractivity contribution >= 4 is 28.3 Å². The summed E-state index contributed by atoms with van der Waals surface area (Å²) in [4.78, 5) is 14.7. The molecule has 2 fully saturated rings. The predicted molar refractivity (Wildman–Crippen MR) is 209 cm³/mol. The molecular formula is C39H74CoN3Si2-. The summed E-state index contributed by atoms with van der Waals surface area (Å²) in [6.07, 6.45) is 21.6. The monoisotopic (exact) mass is 699 g/mol. The van der Waals surface area contributed by atoms with E-state index in [-0.39, 0.29) is 25.6 Å². The fraction of sp³-hybridized carbons (Fsp3) is 0.744. The summed E-state index contributed by atoms with van der Waals surface area (Å²) in [7, 11) is -1.03.